The summed E-state index contributed by atoms with van der Waals surface area (Å²) in [6.07, 6.45) is 6.46. The SMILES string of the molecule is O=C(Nc1ccccc1Oc1cccnc1)C1CCCN(CC2CCNN2)C1. The first-order chi connectivity index (χ1) is 13.8. The van der Waals surface area contributed by atoms with Gasteiger partial charge in [0, 0.05) is 31.9 Å². The van der Waals surface area contributed by atoms with Crippen LogP contribution in [0, 0.1) is 5.92 Å². The highest BCUT2D eigenvalue weighted by Crippen LogP contribution is 2.30. The Morgan fingerprint density at radius 1 is 1.25 bits per heavy atom. The molecule has 7 heteroatoms. The number of hydrogen-bond acceptors (Lipinski definition) is 6. The van der Waals surface area contributed by atoms with Crippen molar-refractivity contribution in [2.24, 2.45) is 5.92 Å². The third-order valence-electron chi connectivity index (χ3n) is 5.29. The Kier molecular flexibility index (Phi) is 6.16. The molecule has 3 heterocycles. The smallest absolute Gasteiger partial charge is 0.228 e. The summed E-state index contributed by atoms with van der Waals surface area (Å²) in [5, 5.41) is 3.08. The van der Waals surface area contributed by atoms with Gasteiger partial charge in [-0.2, -0.15) is 0 Å². The second kappa shape index (κ2) is 9.14. The fraction of sp³-hybridized carbons (Fsp3) is 0.429. The number of para-hydroxylation sites is 2. The van der Waals surface area contributed by atoms with Crippen LogP contribution in [0.3, 0.4) is 0 Å². The Labute approximate surface area is 165 Å². The van der Waals surface area contributed by atoms with Crippen molar-refractivity contribution in [2.75, 3.05) is 31.5 Å². The quantitative estimate of drug-likeness (QED) is 0.713. The maximum absolute atomic E-state index is 12.9. The molecular formula is C21H27N5O2. The molecule has 0 radical (unpaired) electrons. The van der Waals surface area contributed by atoms with Gasteiger partial charge in [-0.3, -0.25) is 20.6 Å². The van der Waals surface area contributed by atoms with E-state index in [1.54, 1.807) is 12.4 Å². The molecule has 0 spiro atoms. The Hall–Kier alpha value is -2.48. The lowest BCUT2D eigenvalue weighted by Gasteiger charge is -2.33. The Morgan fingerprint density at radius 3 is 3.00 bits per heavy atom. The van der Waals surface area contributed by atoms with E-state index < -0.39 is 0 Å². The van der Waals surface area contributed by atoms with Crippen LogP contribution in [0.1, 0.15) is 19.3 Å². The van der Waals surface area contributed by atoms with E-state index in [-0.39, 0.29) is 11.8 Å². The van der Waals surface area contributed by atoms with Crippen molar-refractivity contribution >= 4 is 11.6 Å². The van der Waals surface area contributed by atoms with E-state index in [9.17, 15) is 4.79 Å². The molecule has 7 nitrogen and oxygen atoms in total. The van der Waals surface area contributed by atoms with Crippen LogP contribution in [0.15, 0.2) is 48.8 Å². The van der Waals surface area contributed by atoms with Crippen LogP contribution < -0.4 is 20.9 Å². The topological polar surface area (TPSA) is 78.5 Å². The predicted octanol–water partition coefficient (Wildman–Crippen LogP) is 2.39. The van der Waals surface area contributed by atoms with Crippen molar-refractivity contribution in [2.45, 2.75) is 25.3 Å². The number of carbonyl (C=O) groups is 1. The highest BCUT2D eigenvalue weighted by molar-refractivity contribution is 5.94. The lowest BCUT2D eigenvalue weighted by molar-refractivity contribution is -0.121. The van der Waals surface area contributed by atoms with E-state index in [0.29, 0.717) is 23.2 Å². The van der Waals surface area contributed by atoms with Gasteiger partial charge in [0.25, 0.3) is 0 Å². The van der Waals surface area contributed by atoms with Crippen molar-refractivity contribution in [1.29, 1.82) is 0 Å². The third-order valence-corrected chi connectivity index (χ3v) is 5.29. The van der Waals surface area contributed by atoms with Crippen LogP contribution in [-0.4, -0.2) is 48.0 Å². The number of nitrogens with zero attached hydrogens (tertiary/aromatic N) is 2. The first-order valence-electron chi connectivity index (χ1n) is 9.96. The van der Waals surface area contributed by atoms with E-state index in [2.05, 4.69) is 26.1 Å². The van der Waals surface area contributed by atoms with Crippen molar-refractivity contribution in [1.82, 2.24) is 20.7 Å². The normalized spacial score (nSPS) is 22.7. The third kappa shape index (κ3) is 4.86. The van der Waals surface area contributed by atoms with E-state index in [4.69, 9.17) is 4.74 Å². The summed E-state index contributed by atoms with van der Waals surface area (Å²) in [5.41, 5.74) is 7.17. The Morgan fingerprint density at radius 2 is 2.18 bits per heavy atom. The Balaban J connectivity index is 1.37. The number of amides is 1. The van der Waals surface area contributed by atoms with Gasteiger partial charge in [0.1, 0.15) is 5.75 Å². The number of nitrogens with one attached hydrogen (secondary N) is 3. The number of hydrogen-bond donors (Lipinski definition) is 3. The second-order valence-electron chi connectivity index (χ2n) is 7.43. The molecule has 2 aromatic rings. The molecule has 0 saturated carbocycles. The molecule has 28 heavy (non-hydrogen) atoms. The molecule has 0 bridgehead atoms. The molecule has 1 aromatic heterocycles. The molecule has 1 aromatic carbocycles. The summed E-state index contributed by atoms with van der Waals surface area (Å²) in [6, 6.07) is 11.7. The first-order valence-corrected chi connectivity index (χ1v) is 9.96. The van der Waals surface area contributed by atoms with Crippen molar-refractivity contribution < 1.29 is 9.53 Å². The predicted molar refractivity (Wildman–Crippen MR) is 108 cm³/mol. The van der Waals surface area contributed by atoms with Crippen molar-refractivity contribution in [3.8, 4) is 11.5 Å². The van der Waals surface area contributed by atoms with Gasteiger partial charge in [-0.25, -0.2) is 0 Å². The summed E-state index contributed by atoms with van der Waals surface area (Å²) >= 11 is 0. The highest BCUT2D eigenvalue weighted by atomic mass is 16.5. The zero-order valence-corrected chi connectivity index (χ0v) is 15.9. The zero-order chi connectivity index (χ0) is 19.2. The maximum atomic E-state index is 12.9. The van der Waals surface area contributed by atoms with Crippen molar-refractivity contribution in [3.05, 3.63) is 48.8 Å². The number of benzene rings is 1. The van der Waals surface area contributed by atoms with Gasteiger partial charge >= 0.3 is 0 Å². The lowest BCUT2D eigenvalue weighted by atomic mass is 9.96. The number of likely N-dealkylation sites (tertiary alicyclic amines) is 1. The molecule has 4 rings (SSSR count). The minimum Gasteiger partial charge on any atom is -0.454 e. The van der Waals surface area contributed by atoms with Crippen LogP contribution in [0.5, 0.6) is 11.5 Å². The van der Waals surface area contributed by atoms with Gasteiger partial charge in [0.05, 0.1) is 17.8 Å². The molecule has 2 saturated heterocycles. The van der Waals surface area contributed by atoms with Crippen LogP contribution in [0.4, 0.5) is 5.69 Å². The van der Waals surface area contributed by atoms with Gasteiger partial charge in [-0.05, 0) is 50.1 Å². The van der Waals surface area contributed by atoms with Gasteiger partial charge in [-0.15, -0.1) is 0 Å². The van der Waals surface area contributed by atoms with Crippen LogP contribution in [-0.2, 0) is 4.79 Å². The minimum atomic E-state index is -0.00504. The number of rotatable bonds is 6. The standard InChI is InChI=1S/C21H27N5O2/c27-21(16-5-4-12-26(14-16)15-17-9-11-23-25-17)24-19-7-1-2-8-20(19)28-18-6-3-10-22-13-18/h1-3,6-8,10,13,16-17,23,25H,4-5,9,11-12,14-15H2,(H,24,27). The molecule has 2 unspecified atom stereocenters. The number of anilines is 1. The monoisotopic (exact) mass is 381 g/mol. The zero-order valence-electron chi connectivity index (χ0n) is 15.9. The number of ether oxygens (including phenoxy) is 1. The van der Waals surface area contributed by atoms with Gasteiger partial charge < -0.3 is 15.0 Å². The van der Waals surface area contributed by atoms with E-state index in [1.165, 1.54) is 0 Å². The van der Waals surface area contributed by atoms with Crippen LogP contribution in [0.2, 0.25) is 0 Å². The second-order valence-corrected chi connectivity index (χ2v) is 7.43. The number of carbonyl (C=O) groups excluding carboxylic acids is 1. The molecule has 3 N–H and O–H groups in total. The summed E-state index contributed by atoms with van der Waals surface area (Å²) < 4.78 is 5.90. The molecule has 2 aliphatic rings. The summed E-state index contributed by atoms with van der Waals surface area (Å²) in [7, 11) is 0. The van der Waals surface area contributed by atoms with Crippen molar-refractivity contribution in [3.63, 3.8) is 0 Å². The summed E-state index contributed by atoms with van der Waals surface area (Å²) in [4.78, 5) is 19.4. The highest BCUT2D eigenvalue weighted by Gasteiger charge is 2.28. The molecule has 148 valence electrons. The summed E-state index contributed by atoms with van der Waals surface area (Å²) in [6.45, 7) is 3.85. The van der Waals surface area contributed by atoms with E-state index >= 15 is 0 Å². The van der Waals surface area contributed by atoms with Crippen LogP contribution >= 0.6 is 0 Å². The fourth-order valence-corrected chi connectivity index (χ4v) is 3.85. The van der Waals surface area contributed by atoms with Gasteiger partial charge in [0.15, 0.2) is 5.75 Å². The average Bonchev–Trinajstić information content (AvgIpc) is 3.23. The molecule has 0 aliphatic carbocycles. The number of pyridine rings is 1. The minimum absolute atomic E-state index is 0.00504. The maximum Gasteiger partial charge on any atom is 0.228 e. The Bertz CT molecular complexity index is 779. The first kappa shape index (κ1) is 18.9. The number of hydrazine groups is 1. The molecule has 2 fully saturated rings. The average molecular weight is 381 g/mol. The molecule has 2 aliphatic heterocycles. The van der Waals surface area contributed by atoms with Crippen LogP contribution in [0.25, 0.3) is 0 Å². The van der Waals surface area contributed by atoms with Gasteiger partial charge in [0.2, 0.25) is 5.91 Å². The largest absolute Gasteiger partial charge is 0.454 e. The van der Waals surface area contributed by atoms with E-state index in [0.717, 1.165) is 45.4 Å². The van der Waals surface area contributed by atoms with E-state index in [1.807, 2.05) is 36.4 Å². The number of piperidine rings is 1. The van der Waals surface area contributed by atoms with Gasteiger partial charge in [-0.1, -0.05) is 12.1 Å². The summed E-state index contributed by atoms with van der Waals surface area (Å²) in [5.74, 6) is 1.32. The molecule has 1 amide bonds. The molecule has 2 atom stereocenters. The molecular weight excluding hydrogens is 354 g/mol. The lowest BCUT2D eigenvalue weighted by Crippen LogP contribution is -2.46. The number of aromatic nitrogens is 1. The fourth-order valence-electron chi connectivity index (χ4n) is 3.85.